The van der Waals surface area contributed by atoms with Gasteiger partial charge in [-0.15, -0.1) is 0 Å². The molecular weight excluding hydrogens is 261 g/mol. The van der Waals surface area contributed by atoms with Crippen molar-refractivity contribution < 1.29 is 18.7 Å². The molecule has 1 aromatic carbocycles. The molecule has 1 aliphatic rings. The Morgan fingerprint density at radius 1 is 1.50 bits per heavy atom. The van der Waals surface area contributed by atoms with Crippen molar-refractivity contribution in [1.29, 1.82) is 0 Å². The quantitative estimate of drug-likeness (QED) is 0.832. The van der Waals surface area contributed by atoms with E-state index in [2.05, 4.69) is 0 Å². The fourth-order valence-corrected chi connectivity index (χ4v) is 2.35. The molecule has 108 valence electrons. The van der Waals surface area contributed by atoms with Crippen LogP contribution in [0.1, 0.15) is 37.7 Å². The van der Waals surface area contributed by atoms with E-state index in [9.17, 15) is 14.0 Å². The van der Waals surface area contributed by atoms with Crippen LogP contribution in [-0.2, 0) is 9.53 Å². The number of benzene rings is 1. The number of carbonyl (C=O) groups is 2. The molecule has 0 aliphatic carbocycles. The first-order valence-corrected chi connectivity index (χ1v) is 6.87. The third-order valence-electron chi connectivity index (χ3n) is 3.42. The highest BCUT2D eigenvalue weighted by molar-refractivity contribution is 5.96. The minimum atomic E-state index is -0.604. The Hall–Kier alpha value is -1.91. The zero-order chi connectivity index (χ0) is 14.5. The molecule has 0 N–H and O–H groups in total. The summed E-state index contributed by atoms with van der Waals surface area (Å²) in [7, 11) is 0. The van der Waals surface area contributed by atoms with E-state index in [4.69, 9.17) is 4.74 Å². The molecule has 2 rings (SSSR count). The molecule has 1 atom stereocenters. The molecular formula is C15H18FNO3. The zero-order valence-corrected chi connectivity index (χ0v) is 11.5. The highest BCUT2D eigenvalue weighted by Gasteiger charge is 2.34. The number of ether oxygens (including phenoxy) is 1. The van der Waals surface area contributed by atoms with E-state index in [-0.39, 0.29) is 24.9 Å². The van der Waals surface area contributed by atoms with E-state index >= 15 is 0 Å². The highest BCUT2D eigenvalue weighted by Crippen LogP contribution is 2.26. The van der Waals surface area contributed by atoms with Crippen molar-refractivity contribution in [1.82, 2.24) is 4.90 Å². The fraction of sp³-hybridized carbons (Fsp3) is 0.467. The zero-order valence-electron chi connectivity index (χ0n) is 11.5. The second-order valence-electron chi connectivity index (χ2n) is 4.85. The van der Waals surface area contributed by atoms with Gasteiger partial charge in [0.15, 0.2) is 0 Å². The van der Waals surface area contributed by atoms with E-state index in [1.54, 1.807) is 12.1 Å². The minimum Gasteiger partial charge on any atom is -0.447 e. The van der Waals surface area contributed by atoms with Gasteiger partial charge in [-0.3, -0.25) is 4.79 Å². The molecule has 0 spiro atoms. The largest absolute Gasteiger partial charge is 0.447 e. The van der Waals surface area contributed by atoms with Crippen LogP contribution in [0.3, 0.4) is 0 Å². The second kappa shape index (κ2) is 6.50. The smallest absolute Gasteiger partial charge is 0.416 e. The molecule has 2 amide bonds. The number of unbranched alkanes of at least 4 members (excludes halogenated alkanes) is 1. The lowest BCUT2D eigenvalue weighted by molar-refractivity contribution is -0.129. The third-order valence-corrected chi connectivity index (χ3v) is 3.42. The Morgan fingerprint density at radius 3 is 2.90 bits per heavy atom. The third kappa shape index (κ3) is 3.15. The summed E-state index contributed by atoms with van der Waals surface area (Å²) in [5.74, 6) is -1.16. The molecule has 4 nitrogen and oxygen atoms in total. The number of imide groups is 1. The van der Waals surface area contributed by atoms with Gasteiger partial charge in [-0.2, -0.15) is 0 Å². The summed E-state index contributed by atoms with van der Waals surface area (Å²) in [4.78, 5) is 25.1. The van der Waals surface area contributed by atoms with E-state index in [0.29, 0.717) is 12.0 Å². The van der Waals surface area contributed by atoms with Gasteiger partial charge in [0, 0.05) is 0 Å². The number of nitrogens with zero attached hydrogens (tertiary/aromatic N) is 1. The molecule has 0 saturated carbocycles. The van der Waals surface area contributed by atoms with E-state index in [0.717, 1.165) is 17.7 Å². The number of halogens is 1. The maximum atomic E-state index is 13.4. The average molecular weight is 279 g/mol. The molecule has 1 aromatic rings. The Kier molecular flexibility index (Phi) is 4.71. The van der Waals surface area contributed by atoms with Crippen LogP contribution in [0.4, 0.5) is 9.18 Å². The maximum Gasteiger partial charge on any atom is 0.416 e. The molecule has 0 radical (unpaired) electrons. The van der Waals surface area contributed by atoms with E-state index in [1.165, 1.54) is 12.1 Å². The van der Waals surface area contributed by atoms with Gasteiger partial charge < -0.3 is 4.74 Å². The number of rotatable bonds is 5. The lowest BCUT2D eigenvalue weighted by Crippen LogP contribution is -2.35. The molecule has 5 heteroatoms. The molecule has 20 heavy (non-hydrogen) atoms. The number of hydrogen-bond donors (Lipinski definition) is 0. The highest BCUT2D eigenvalue weighted by atomic mass is 19.1. The molecule has 1 fully saturated rings. The van der Waals surface area contributed by atoms with Crippen LogP contribution >= 0.6 is 0 Å². The molecule has 1 saturated heterocycles. The van der Waals surface area contributed by atoms with Crippen molar-refractivity contribution in [2.45, 2.75) is 32.1 Å². The fourth-order valence-electron chi connectivity index (χ4n) is 2.35. The van der Waals surface area contributed by atoms with Crippen molar-refractivity contribution in [3.8, 4) is 0 Å². The van der Waals surface area contributed by atoms with Crippen LogP contribution in [0, 0.1) is 5.82 Å². The SMILES string of the molecule is CCCCC(C(=O)N1CCOC1=O)c1cccc(F)c1. The number of amides is 2. The van der Waals surface area contributed by atoms with Gasteiger partial charge in [-0.05, 0) is 24.1 Å². The normalized spacial score (nSPS) is 16.1. The van der Waals surface area contributed by atoms with Gasteiger partial charge in [0.05, 0.1) is 12.5 Å². The first-order chi connectivity index (χ1) is 9.63. The summed E-state index contributed by atoms with van der Waals surface area (Å²) >= 11 is 0. The summed E-state index contributed by atoms with van der Waals surface area (Å²) in [6.45, 7) is 2.53. The summed E-state index contributed by atoms with van der Waals surface area (Å²) in [6, 6.07) is 6.01. The first-order valence-electron chi connectivity index (χ1n) is 6.87. The van der Waals surface area contributed by atoms with Crippen LogP contribution in [0.2, 0.25) is 0 Å². The Balaban J connectivity index is 2.22. The molecule has 1 unspecified atom stereocenters. The lowest BCUT2D eigenvalue weighted by atomic mass is 9.92. The Labute approximate surface area is 117 Å². The molecule has 0 aromatic heterocycles. The maximum absolute atomic E-state index is 13.4. The summed E-state index contributed by atoms with van der Waals surface area (Å²) in [6.07, 6.45) is 1.77. The van der Waals surface area contributed by atoms with Gasteiger partial charge in [0.1, 0.15) is 12.4 Å². The van der Waals surface area contributed by atoms with Crippen LogP contribution in [0.5, 0.6) is 0 Å². The average Bonchev–Trinajstić information content (AvgIpc) is 2.85. The van der Waals surface area contributed by atoms with Crippen LogP contribution in [0.15, 0.2) is 24.3 Å². The molecule has 0 bridgehead atoms. The van der Waals surface area contributed by atoms with Gasteiger partial charge in [-0.25, -0.2) is 14.1 Å². The summed E-state index contributed by atoms with van der Waals surface area (Å²) < 4.78 is 18.1. The van der Waals surface area contributed by atoms with Gasteiger partial charge in [0.2, 0.25) is 5.91 Å². The predicted octanol–water partition coefficient (Wildman–Crippen LogP) is 3.08. The van der Waals surface area contributed by atoms with Crippen LogP contribution in [0.25, 0.3) is 0 Å². The standard InChI is InChI=1S/C15H18FNO3/c1-2-3-7-13(11-5-4-6-12(16)10-11)14(18)17-8-9-20-15(17)19/h4-6,10,13H,2-3,7-9H2,1H3. The summed E-state index contributed by atoms with van der Waals surface area (Å²) in [5.41, 5.74) is 0.614. The van der Waals surface area contributed by atoms with Crippen LogP contribution in [-0.4, -0.2) is 30.1 Å². The molecule has 1 aliphatic heterocycles. The second-order valence-corrected chi connectivity index (χ2v) is 4.85. The Bertz CT molecular complexity index is 504. The van der Waals surface area contributed by atoms with Gasteiger partial charge in [0.25, 0.3) is 0 Å². The van der Waals surface area contributed by atoms with Crippen LogP contribution < -0.4 is 0 Å². The lowest BCUT2D eigenvalue weighted by Gasteiger charge is -2.20. The van der Waals surface area contributed by atoms with Crippen molar-refractivity contribution in [3.05, 3.63) is 35.6 Å². The molecule has 1 heterocycles. The van der Waals surface area contributed by atoms with Crippen molar-refractivity contribution in [2.75, 3.05) is 13.2 Å². The van der Waals surface area contributed by atoms with Crippen molar-refractivity contribution in [2.24, 2.45) is 0 Å². The number of carbonyl (C=O) groups excluding carboxylic acids is 2. The van der Waals surface area contributed by atoms with E-state index in [1.807, 2.05) is 6.92 Å². The summed E-state index contributed by atoms with van der Waals surface area (Å²) in [5, 5.41) is 0. The predicted molar refractivity (Wildman–Crippen MR) is 71.7 cm³/mol. The number of hydrogen-bond acceptors (Lipinski definition) is 3. The van der Waals surface area contributed by atoms with Gasteiger partial charge >= 0.3 is 6.09 Å². The first kappa shape index (κ1) is 14.5. The monoisotopic (exact) mass is 279 g/mol. The van der Waals surface area contributed by atoms with Gasteiger partial charge in [-0.1, -0.05) is 31.9 Å². The van der Waals surface area contributed by atoms with Crippen molar-refractivity contribution in [3.63, 3.8) is 0 Å². The number of cyclic esters (lactones) is 1. The van der Waals surface area contributed by atoms with Crippen molar-refractivity contribution >= 4 is 12.0 Å². The topological polar surface area (TPSA) is 46.6 Å². The minimum absolute atomic E-state index is 0.230. The van der Waals surface area contributed by atoms with E-state index < -0.39 is 12.0 Å². The Morgan fingerprint density at radius 2 is 2.30 bits per heavy atom.